The minimum absolute atomic E-state index is 0.0290. The maximum absolute atomic E-state index is 10.9. The van der Waals surface area contributed by atoms with Gasteiger partial charge in [-0.1, -0.05) is 46.8 Å². The molecular formula is C30H50O2. The van der Waals surface area contributed by atoms with Gasteiger partial charge < -0.3 is 10.2 Å². The van der Waals surface area contributed by atoms with Crippen molar-refractivity contribution in [3.8, 4) is 0 Å². The van der Waals surface area contributed by atoms with E-state index in [0.29, 0.717) is 40.6 Å². The molecule has 2 nitrogen and oxygen atoms in total. The Kier molecular flexibility index (Phi) is 5.19. The Balaban J connectivity index is 1.55. The fourth-order valence-electron chi connectivity index (χ4n) is 11.5. The Morgan fingerprint density at radius 2 is 1.53 bits per heavy atom. The fourth-order valence-corrected chi connectivity index (χ4v) is 11.5. The first-order valence-corrected chi connectivity index (χ1v) is 13.8. The van der Waals surface area contributed by atoms with Crippen molar-refractivity contribution >= 4 is 0 Å². The molecule has 4 unspecified atom stereocenters. The van der Waals surface area contributed by atoms with Gasteiger partial charge in [0.15, 0.2) is 0 Å². The Labute approximate surface area is 197 Å². The van der Waals surface area contributed by atoms with E-state index in [1.807, 2.05) is 0 Å². The molecule has 0 aromatic carbocycles. The number of rotatable bonds is 2. The van der Waals surface area contributed by atoms with E-state index < -0.39 is 0 Å². The van der Waals surface area contributed by atoms with E-state index in [9.17, 15) is 10.2 Å². The second kappa shape index (κ2) is 7.09. The van der Waals surface area contributed by atoms with E-state index in [1.54, 1.807) is 0 Å². The number of aliphatic hydroxyl groups excluding tert-OH is 2. The number of aliphatic hydroxyl groups is 2. The number of allylic oxidation sites excluding steroid dienone is 1. The van der Waals surface area contributed by atoms with Gasteiger partial charge in [0.1, 0.15) is 0 Å². The highest BCUT2D eigenvalue weighted by Gasteiger charge is 2.70. The normalized spacial score (nSPS) is 56.5. The van der Waals surface area contributed by atoms with Crippen LogP contribution in [0.1, 0.15) is 106 Å². The molecule has 0 amide bonds. The van der Waals surface area contributed by atoms with E-state index in [1.165, 1.54) is 63.4 Å². The predicted octanol–water partition coefficient (Wildman–Crippen LogP) is 7.00. The highest BCUT2D eigenvalue weighted by molar-refractivity contribution is 5.21. The van der Waals surface area contributed by atoms with E-state index in [2.05, 4.69) is 48.1 Å². The van der Waals surface area contributed by atoms with Gasteiger partial charge in [-0.15, -0.1) is 0 Å². The smallest absolute Gasteiger partial charge is 0.0594 e. The molecule has 5 rings (SSSR count). The highest BCUT2D eigenvalue weighted by Crippen LogP contribution is 2.77. The van der Waals surface area contributed by atoms with Crippen LogP contribution in [0, 0.1) is 56.7 Å². The van der Waals surface area contributed by atoms with E-state index in [0.717, 1.165) is 18.3 Å². The Bertz CT molecular complexity index is 786. The molecule has 0 radical (unpaired) electrons. The van der Waals surface area contributed by atoms with Gasteiger partial charge in [0.05, 0.1) is 6.10 Å². The first-order valence-electron chi connectivity index (χ1n) is 13.8. The lowest BCUT2D eigenvalue weighted by atomic mass is 9.32. The third-order valence-corrected chi connectivity index (χ3v) is 13.5. The van der Waals surface area contributed by atoms with Crippen molar-refractivity contribution < 1.29 is 10.2 Å². The average molecular weight is 443 g/mol. The van der Waals surface area contributed by atoms with Crippen LogP contribution in [0.2, 0.25) is 0 Å². The van der Waals surface area contributed by atoms with Crippen LogP contribution in [0.4, 0.5) is 0 Å². The maximum atomic E-state index is 10.9. The minimum Gasteiger partial charge on any atom is -0.396 e. The summed E-state index contributed by atoms with van der Waals surface area (Å²) in [5.41, 5.74) is 2.60. The van der Waals surface area contributed by atoms with Crippen molar-refractivity contribution in [1.29, 1.82) is 0 Å². The zero-order valence-electron chi connectivity index (χ0n) is 21.8. The largest absolute Gasteiger partial charge is 0.396 e. The summed E-state index contributed by atoms with van der Waals surface area (Å²) in [5.74, 6) is 3.33. The van der Waals surface area contributed by atoms with E-state index in [-0.39, 0.29) is 16.9 Å². The Morgan fingerprint density at radius 1 is 0.812 bits per heavy atom. The molecule has 182 valence electrons. The van der Waals surface area contributed by atoms with Crippen molar-refractivity contribution in [1.82, 2.24) is 0 Å². The summed E-state index contributed by atoms with van der Waals surface area (Å²) in [6.45, 7) is 19.7. The first kappa shape index (κ1) is 23.4. The van der Waals surface area contributed by atoms with Crippen LogP contribution >= 0.6 is 0 Å². The first-order chi connectivity index (χ1) is 14.9. The zero-order valence-corrected chi connectivity index (χ0v) is 21.8. The third kappa shape index (κ3) is 2.66. The molecular weight excluding hydrogens is 392 g/mol. The average Bonchev–Trinajstić information content (AvgIpc) is 3.12. The van der Waals surface area contributed by atoms with Gasteiger partial charge in [0.2, 0.25) is 0 Å². The van der Waals surface area contributed by atoms with Crippen molar-refractivity contribution in [3.63, 3.8) is 0 Å². The van der Waals surface area contributed by atoms with Gasteiger partial charge in [-0.3, -0.25) is 0 Å². The Hall–Kier alpha value is -0.340. The van der Waals surface area contributed by atoms with Gasteiger partial charge in [-0.25, -0.2) is 0 Å². The van der Waals surface area contributed by atoms with Crippen LogP contribution < -0.4 is 0 Å². The highest BCUT2D eigenvalue weighted by atomic mass is 16.3. The standard InChI is InChI=1S/C30H50O2/c1-19(2)20-10-15-30(18-31)17-16-28(6)21(25(20)30)8-9-23-27(5)13-12-24(32)26(3,4)22(27)11-14-29(23,28)7/h20-25,31-32H,1,8-18H2,2-7H3/t20?,21-,22+,23-,24?,25?,27+,28-,29-,30?/m1/s1. The number of fused-ring (bicyclic) bond motifs is 7. The van der Waals surface area contributed by atoms with E-state index in [4.69, 9.17) is 0 Å². The second-order valence-electron chi connectivity index (χ2n) is 14.6. The lowest BCUT2D eigenvalue weighted by Crippen LogP contribution is -2.66. The summed E-state index contributed by atoms with van der Waals surface area (Å²) in [5, 5.41) is 21.5. The van der Waals surface area contributed by atoms with Gasteiger partial charge in [-0.05, 0) is 128 Å². The number of hydrogen-bond acceptors (Lipinski definition) is 2. The quantitative estimate of drug-likeness (QED) is 0.452. The SMILES string of the molecule is C=C(C)C1CCC2(CO)CC[C@]3(C)[C@H](CC[C@@H]4[C@@]5(C)CCC(O)C(C)(C)[C@@H]5CC[C@]43C)C12. The molecule has 5 aliphatic rings. The molecule has 0 spiro atoms. The summed E-state index contributed by atoms with van der Waals surface area (Å²) in [6, 6.07) is 0. The molecule has 0 heterocycles. The summed E-state index contributed by atoms with van der Waals surface area (Å²) in [4.78, 5) is 0. The van der Waals surface area contributed by atoms with E-state index >= 15 is 0 Å². The van der Waals surface area contributed by atoms with Crippen LogP contribution in [-0.4, -0.2) is 22.9 Å². The molecule has 0 aromatic rings. The molecule has 5 fully saturated rings. The van der Waals surface area contributed by atoms with Crippen molar-refractivity contribution in [2.45, 2.75) is 112 Å². The predicted molar refractivity (Wildman–Crippen MR) is 132 cm³/mol. The summed E-state index contributed by atoms with van der Waals surface area (Å²) < 4.78 is 0. The topological polar surface area (TPSA) is 40.5 Å². The zero-order chi connectivity index (χ0) is 23.3. The van der Waals surface area contributed by atoms with Crippen molar-refractivity contribution in [3.05, 3.63) is 12.2 Å². The summed E-state index contributed by atoms with van der Waals surface area (Å²) in [6.07, 6.45) is 12.2. The van der Waals surface area contributed by atoms with Crippen molar-refractivity contribution in [2.75, 3.05) is 6.61 Å². The second-order valence-corrected chi connectivity index (χ2v) is 14.6. The minimum atomic E-state index is -0.147. The molecule has 0 aliphatic heterocycles. The summed E-state index contributed by atoms with van der Waals surface area (Å²) in [7, 11) is 0. The molecule has 2 N–H and O–H groups in total. The van der Waals surface area contributed by atoms with Crippen molar-refractivity contribution in [2.24, 2.45) is 56.7 Å². The van der Waals surface area contributed by atoms with Gasteiger partial charge in [-0.2, -0.15) is 0 Å². The lowest BCUT2D eigenvalue weighted by molar-refractivity contribution is -0.249. The molecule has 0 saturated heterocycles. The number of hydrogen-bond donors (Lipinski definition) is 2. The van der Waals surface area contributed by atoms with Crippen LogP contribution in [-0.2, 0) is 0 Å². The molecule has 0 aromatic heterocycles. The van der Waals surface area contributed by atoms with Gasteiger partial charge in [0, 0.05) is 6.61 Å². The Morgan fingerprint density at radius 3 is 2.19 bits per heavy atom. The molecule has 0 bridgehead atoms. The monoisotopic (exact) mass is 442 g/mol. The van der Waals surface area contributed by atoms with Crippen LogP contribution in [0.25, 0.3) is 0 Å². The van der Waals surface area contributed by atoms with Crippen LogP contribution in [0.3, 0.4) is 0 Å². The molecule has 10 atom stereocenters. The lowest BCUT2D eigenvalue weighted by Gasteiger charge is -2.73. The fraction of sp³-hybridized carbons (Fsp3) is 0.933. The molecule has 5 saturated carbocycles. The van der Waals surface area contributed by atoms with Crippen LogP contribution in [0.15, 0.2) is 12.2 Å². The molecule has 32 heavy (non-hydrogen) atoms. The molecule has 2 heteroatoms. The van der Waals surface area contributed by atoms with Gasteiger partial charge in [0.25, 0.3) is 0 Å². The third-order valence-electron chi connectivity index (χ3n) is 13.5. The molecule has 5 aliphatic carbocycles. The summed E-state index contributed by atoms with van der Waals surface area (Å²) >= 11 is 0. The van der Waals surface area contributed by atoms with Crippen LogP contribution in [0.5, 0.6) is 0 Å². The van der Waals surface area contributed by atoms with Gasteiger partial charge >= 0.3 is 0 Å². The maximum Gasteiger partial charge on any atom is 0.0594 e.